The van der Waals surface area contributed by atoms with Crippen LogP contribution in [0.3, 0.4) is 0 Å². The Morgan fingerprint density at radius 2 is 1.89 bits per heavy atom. The third-order valence-corrected chi connectivity index (χ3v) is 4.56. The summed E-state index contributed by atoms with van der Waals surface area (Å²) >= 11 is 6.15. The van der Waals surface area contributed by atoms with Gasteiger partial charge in [0.25, 0.3) is 0 Å². The van der Waals surface area contributed by atoms with E-state index in [0.717, 1.165) is 16.7 Å². The summed E-state index contributed by atoms with van der Waals surface area (Å²) in [6, 6.07) is 15.2. The Morgan fingerprint density at radius 1 is 1.14 bits per heavy atom. The van der Waals surface area contributed by atoms with Crippen LogP contribution in [0, 0.1) is 5.92 Å². The molecule has 3 aromatic rings. The molecule has 146 valence electrons. The fraction of sp³-hybridized carbons (Fsp3) is 0.318. The van der Waals surface area contributed by atoms with Crippen LogP contribution in [0.25, 0.3) is 22.8 Å². The van der Waals surface area contributed by atoms with Crippen molar-refractivity contribution in [3.8, 4) is 22.8 Å². The fourth-order valence-electron chi connectivity index (χ4n) is 3.05. The molecule has 0 aliphatic carbocycles. The van der Waals surface area contributed by atoms with Gasteiger partial charge in [0.2, 0.25) is 0 Å². The van der Waals surface area contributed by atoms with Crippen LogP contribution < -0.4 is 0 Å². The second-order valence-corrected chi connectivity index (χ2v) is 7.67. The molecule has 0 fully saturated rings. The highest BCUT2D eigenvalue weighted by molar-refractivity contribution is 6.30. The van der Waals surface area contributed by atoms with Crippen molar-refractivity contribution in [2.24, 2.45) is 5.92 Å². The van der Waals surface area contributed by atoms with Crippen LogP contribution in [-0.2, 0) is 17.8 Å². The van der Waals surface area contributed by atoms with Crippen LogP contribution >= 0.6 is 11.6 Å². The number of carbonyl (C=O) groups is 1. The van der Waals surface area contributed by atoms with Gasteiger partial charge in [-0.15, -0.1) is 5.10 Å². The summed E-state index contributed by atoms with van der Waals surface area (Å²) in [5.74, 6) is 1.59. The van der Waals surface area contributed by atoms with Crippen LogP contribution in [-0.4, -0.2) is 32.3 Å². The summed E-state index contributed by atoms with van der Waals surface area (Å²) in [6.07, 6.45) is 1.11. The number of nitrogens with zero attached hydrogens (tertiary/aromatic N) is 3. The van der Waals surface area contributed by atoms with Crippen LogP contribution in [0.15, 0.2) is 48.5 Å². The highest BCUT2D eigenvalue weighted by Gasteiger charge is 2.17. The maximum absolute atomic E-state index is 12.4. The molecule has 1 aromatic heterocycles. The molecular formula is C22H24ClN3O2. The normalized spacial score (nSPS) is 11.2. The first-order valence-corrected chi connectivity index (χ1v) is 9.76. The Balaban J connectivity index is 1.98. The summed E-state index contributed by atoms with van der Waals surface area (Å²) in [4.78, 5) is 17.1. The van der Waals surface area contributed by atoms with E-state index < -0.39 is 0 Å². The lowest BCUT2D eigenvalue weighted by molar-refractivity contribution is -0.120. The molecule has 2 aromatic carbocycles. The summed E-state index contributed by atoms with van der Waals surface area (Å²) in [5, 5.41) is 14.3. The second kappa shape index (κ2) is 9.13. The number of hydrogen-bond donors (Lipinski definition) is 1. The highest BCUT2D eigenvalue weighted by Crippen LogP contribution is 2.25. The Bertz CT molecular complexity index is 949. The van der Waals surface area contributed by atoms with E-state index in [1.165, 1.54) is 0 Å². The molecule has 0 saturated heterocycles. The quantitative estimate of drug-likeness (QED) is 0.611. The van der Waals surface area contributed by atoms with Gasteiger partial charge in [-0.3, -0.25) is 4.79 Å². The molecule has 1 heterocycles. The van der Waals surface area contributed by atoms with Crippen molar-refractivity contribution in [1.29, 1.82) is 0 Å². The minimum atomic E-state index is 0.114. The number of halogens is 1. The number of aliphatic hydroxyl groups excluding tert-OH is 1. The van der Waals surface area contributed by atoms with Crippen molar-refractivity contribution in [2.75, 3.05) is 6.61 Å². The molecule has 0 radical (unpaired) electrons. The molecule has 0 bridgehead atoms. The number of benzene rings is 2. The topological polar surface area (TPSA) is 68.0 Å². The summed E-state index contributed by atoms with van der Waals surface area (Å²) < 4.78 is 1.66. The lowest BCUT2D eigenvalue weighted by atomic mass is 10.1. The van der Waals surface area contributed by atoms with Gasteiger partial charge in [0, 0.05) is 29.2 Å². The lowest BCUT2D eigenvalue weighted by Crippen LogP contribution is -2.14. The number of rotatable bonds is 8. The predicted molar refractivity (Wildman–Crippen MR) is 111 cm³/mol. The molecule has 0 spiro atoms. The zero-order chi connectivity index (χ0) is 20.1. The van der Waals surface area contributed by atoms with Gasteiger partial charge < -0.3 is 5.11 Å². The van der Waals surface area contributed by atoms with Gasteiger partial charge in [-0.1, -0.05) is 61.8 Å². The average Bonchev–Trinajstić information content (AvgIpc) is 3.05. The first kappa shape index (κ1) is 20.2. The zero-order valence-electron chi connectivity index (χ0n) is 16.1. The molecule has 0 saturated carbocycles. The van der Waals surface area contributed by atoms with Crippen molar-refractivity contribution in [2.45, 2.75) is 33.2 Å². The number of ketones is 1. The minimum absolute atomic E-state index is 0.114. The third-order valence-electron chi connectivity index (χ3n) is 4.33. The molecule has 0 amide bonds. The Morgan fingerprint density at radius 3 is 2.54 bits per heavy atom. The lowest BCUT2D eigenvalue weighted by Gasteiger charge is -2.07. The van der Waals surface area contributed by atoms with Crippen molar-refractivity contribution < 1.29 is 9.90 Å². The monoisotopic (exact) mass is 397 g/mol. The summed E-state index contributed by atoms with van der Waals surface area (Å²) in [5.41, 5.74) is 2.73. The van der Waals surface area contributed by atoms with E-state index >= 15 is 0 Å². The van der Waals surface area contributed by atoms with Gasteiger partial charge in [0.05, 0.1) is 0 Å². The van der Waals surface area contributed by atoms with Crippen LogP contribution in [0.1, 0.15) is 25.8 Å². The van der Waals surface area contributed by atoms with E-state index in [-0.39, 0.29) is 18.9 Å². The van der Waals surface area contributed by atoms with Gasteiger partial charge in [-0.05, 0) is 30.0 Å². The van der Waals surface area contributed by atoms with E-state index in [4.69, 9.17) is 21.7 Å². The van der Waals surface area contributed by atoms with Crippen LogP contribution in [0.5, 0.6) is 0 Å². The number of carbonyl (C=O) groups excluding carboxylic acids is 1. The van der Waals surface area contributed by atoms with Crippen LogP contribution in [0.4, 0.5) is 0 Å². The predicted octanol–water partition coefficient (Wildman–Crippen LogP) is 4.42. The molecule has 0 atom stereocenters. The average molecular weight is 398 g/mol. The summed E-state index contributed by atoms with van der Waals surface area (Å²) in [7, 11) is 0. The standard InChI is InChI=1S/C22H24ClN3O2/c1-15(2)12-20(28)14-26-22(18-4-3-5-19(23)13-18)24-21(25-26)17-8-6-16(7-9-17)10-11-27/h3-9,13,15,27H,10-12,14H2,1-2H3. The van der Waals surface area contributed by atoms with E-state index in [1.54, 1.807) is 10.7 Å². The molecule has 28 heavy (non-hydrogen) atoms. The summed E-state index contributed by atoms with van der Waals surface area (Å²) in [6.45, 7) is 4.34. The molecule has 0 unspecified atom stereocenters. The van der Waals surface area contributed by atoms with Crippen LogP contribution in [0.2, 0.25) is 5.02 Å². The van der Waals surface area contributed by atoms with Gasteiger partial charge in [-0.2, -0.15) is 0 Å². The van der Waals surface area contributed by atoms with Gasteiger partial charge in [0.15, 0.2) is 17.4 Å². The minimum Gasteiger partial charge on any atom is -0.396 e. The van der Waals surface area contributed by atoms with E-state index in [1.807, 2.05) is 56.3 Å². The maximum Gasteiger partial charge on any atom is 0.181 e. The Hall–Kier alpha value is -2.50. The Labute approximate surface area is 170 Å². The molecular weight excluding hydrogens is 374 g/mol. The van der Waals surface area contributed by atoms with E-state index in [2.05, 4.69) is 5.10 Å². The Kier molecular flexibility index (Phi) is 6.60. The molecule has 1 N–H and O–H groups in total. The first-order chi connectivity index (χ1) is 13.5. The molecule has 6 heteroatoms. The largest absolute Gasteiger partial charge is 0.396 e. The van der Waals surface area contributed by atoms with Crippen molar-refractivity contribution in [3.05, 3.63) is 59.1 Å². The second-order valence-electron chi connectivity index (χ2n) is 7.23. The molecule has 0 aliphatic rings. The highest BCUT2D eigenvalue weighted by atomic mass is 35.5. The molecule has 3 rings (SSSR count). The number of Topliss-reactive ketones (excluding diaryl/α,β-unsaturated/α-hetero) is 1. The van der Waals surface area contributed by atoms with Gasteiger partial charge in [-0.25, -0.2) is 9.67 Å². The van der Waals surface area contributed by atoms with Gasteiger partial charge >= 0.3 is 0 Å². The number of aromatic nitrogens is 3. The smallest absolute Gasteiger partial charge is 0.181 e. The third kappa shape index (κ3) is 5.06. The van der Waals surface area contributed by atoms with E-state index in [9.17, 15) is 4.79 Å². The molecule has 0 aliphatic heterocycles. The fourth-order valence-corrected chi connectivity index (χ4v) is 3.24. The SMILES string of the molecule is CC(C)CC(=O)Cn1nc(-c2ccc(CCO)cc2)nc1-c1cccc(Cl)c1. The first-order valence-electron chi connectivity index (χ1n) is 9.39. The maximum atomic E-state index is 12.4. The van der Waals surface area contributed by atoms with E-state index in [0.29, 0.717) is 35.4 Å². The zero-order valence-corrected chi connectivity index (χ0v) is 16.9. The van der Waals surface area contributed by atoms with Crippen molar-refractivity contribution >= 4 is 17.4 Å². The number of aliphatic hydroxyl groups is 1. The van der Waals surface area contributed by atoms with Crippen molar-refractivity contribution in [1.82, 2.24) is 14.8 Å². The van der Waals surface area contributed by atoms with Crippen molar-refractivity contribution in [3.63, 3.8) is 0 Å². The van der Waals surface area contributed by atoms with Gasteiger partial charge in [0.1, 0.15) is 6.54 Å². The number of hydrogen-bond acceptors (Lipinski definition) is 4. The molecule has 5 nitrogen and oxygen atoms in total.